The summed E-state index contributed by atoms with van der Waals surface area (Å²) in [5.74, 6) is 0.870. The molecule has 0 aliphatic carbocycles. The third-order valence-corrected chi connectivity index (χ3v) is 3.78. The fourth-order valence-corrected chi connectivity index (χ4v) is 2.65. The summed E-state index contributed by atoms with van der Waals surface area (Å²) in [6, 6.07) is 10.2. The van der Waals surface area contributed by atoms with Gasteiger partial charge in [0.1, 0.15) is 23.4 Å². The number of hydrogen-bond donors (Lipinski definition) is 1. The van der Waals surface area contributed by atoms with Crippen molar-refractivity contribution in [1.29, 1.82) is 0 Å². The van der Waals surface area contributed by atoms with Gasteiger partial charge in [0.05, 0.1) is 13.2 Å². The molecule has 0 fully saturated rings. The summed E-state index contributed by atoms with van der Waals surface area (Å²) in [5.41, 5.74) is 2.14. The second kappa shape index (κ2) is 5.37. The van der Waals surface area contributed by atoms with Crippen LogP contribution in [0.25, 0.3) is 0 Å². The fraction of sp³-hybridized carbons (Fsp3) is 0.294. The molecule has 0 spiro atoms. The molecule has 1 heterocycles. The van der Waals surface area contributed by atoms with Gasteiger partial charge in [0.2, 0.25) is 0 Å². The van der Waals surface area contributed by atoms with Crippen LogP contribution >= 0.6 is 0 Å². The zero-order valence-electron chi connectivity index (χ0n) is 12.0. The maximum atomic E-state index is 14.0. The summed E-state index contributed by atoms with van der Waals surface area (Å²) in [4.78, 5) is 0. The Kier molecular flexibility index (Phi) is 3.55. The van der Waals surface area contributed by atoms with E-state index in [-0.39, 0.29) is 5.82 Å². The van der Waals surface area contributed by atoms with E-state index in [0.717, 1.165) is 5.56 Å². The Morgan fingerprint density at radius 1 is 1.19 bits per heavy atom. The molecule has 3 rings (SSSR count). The van der Waals surface area contributed by atoms with E-state index in [0.29, 0.717) is 29.0 Å². The van der Waals surface area contributed by atoms with Gasteiger partial charge >= 0.3 is 0 Å². The minimum Gasteiger partial charge on any atom is -0.497 e. The van der Waals surface area contributed by atoms with E-state index in [1.807, 2.05) is 6.92 Å². The predicted octanol–water partition coefficient (Wildman–Crippen LogP) is 3.70. The lowest BCUT2D eigenvalue weighted by molar-refractivity contribution is 0.0637. The van der Waals surface area contributed by atoms with Gasteiger partial charge in [0, 0.05) is 23.6 Å². The molecule has 1 aliphatic heterocycles. The van der Waals surface area contributed by atoms with Crippen molar-refractivity contribution in [2.24, 2.45) is 0 Å². The Labute approximate surface area is 122 Å². The molecular formula is C17H17FO3. The molecule has 21 heavy (non-hydrogen) atoms. The highest BCUT2D eigenvalue weighted by Gasteiger charge is 2.30. The molecule has 2 aromatic rings. The number of fused-ring (bicyclic) bond motifs is 1. The molecule has 1 aliphatic rings. The van der Waals surface area contributed by atoms with Crippen LogP contribution in [0, 0.1) is 12.7 Å². The molecule has 0 saturated heterocycles. The van der Waals surface area contributed by atoms with Crippen LogP contribution in [0.1, 0.15) is 35.3 Å². The number of rotatable bonds is 2. The number of ether oxygens (including phenoxy) is 2. The zero-order chi connectivity index (χ0) is 15.0. The van der Waals surface area contributed by atoms with Gasteiger partial charge in [0.25, 0.3) is 0 Å². The van der Waals surface area contributed by atoms with E-state index in [9.17, 15) is 9.50 Å². The molecule has 4 heteroatoms. The van der Waals surface area contributed by atoms with Crippen LogP contribution < -0.4 is 9.47 Å². The highest BCUT2D eigenvalue weighted by molar-refractivity contribution is 5.44. The first-order chi connectivity index (χ1) is 10.1. The van der Waals surface area contributed by atoms with Crippen molar-refractivity contribution in [1.82, 2.24) is 0 Å². The van der Waals surface area contributed by atoms with Crippen molar-refractivity contribution in [2.45, 2.75) is 25.6 Å². The lowest BCUT2D eigenvalue weighted by Gasteiger charge is -2.30. The summed E-state index contributed by atoms with van der Waals surface area (Å²) >= 11 is 0. The summed E-state index contributed by atoms with van der Waals surface area (Å²) in [5, 5.41) is 10.3. The van der Waals surface area contributed by atoms with E-state index in [1.165, 1.54) is 6.07 Å². The van der Waals surface area contributed by atoms with Gasteiger partial charge < -0.3 is 14.6 Å². The van der Waals surface area contributed by atoms with E-state index < -0.39 is 12.2 Å². The summed E-state index contributed by atoms with van der Waals surface area (Å²) in [7, 11) is 1.57. The largest absolute Gasteiger partial charge is 0.497 e. The van der Waals surface area contributed by atoms with Crippen molar-refractivity contribution < 1.29 is 19.0 Å². The second-order valence-electron chi connectivity index (χ2n) is 5.29. The Morgan fingerprint density at radius 2 is 2.00 bits per heavy atom. The minimum atomic E-state index is -0.676. The number of methoxy groups -OCH3 is 1. The Morgan fingerprint density at radius 3 is 2.76 bits per heavy atom. The number of benzene rings is 2. The first-order valence-corrected chi connectivity index (χ1v) is 6.87. The van der Waals surface area contributed by atoms with Gasteiger partial charge in [-0.3, -0.25) is 0 Å². The zero-order valence-corrected chi connectivity index (χ0v) is 12.0. The molecule has 3 nitrogen and oxygen atoms in total. The number of hydrogen-bond acceptors (Lipinski definition) is 3. The van der Waals surface area contributed by atoms with Crippen LogP contribution in [-0.4, -0.2) is 12.2 Å². The molecule has 0 saturated carbocycles. The fourth-order valence-electron chi connectivity index (χ4n) is 2.65. The van der Waals surface area contributed by atoms with E-state index >= 15 is 0 Å². The average Bonchev–Trinajstić information content (AvgIpc) is 2.49. The Hall–Kier alpha value is -2.07. The number of aliphatic hydroxyl groups is 1. The van der Waals surface area contributed by atoms with Crippen molar-refractivity contribution in [3.05, 3.63) is 58.9 Å². The normalized spacial score (nSPS) is 20.6. The third kappa shape index (κ3) is 2.59. The predicted molar refractivity (Wildman–Crippen MR) is 77.1 cm³/mol. The van der Waals surface area contributed by atoms with Crippen molar-refractivity contribution in [3.8, 4) is 11.5 Å². The minimum absolute atomic E-state index is 0.316. The van der Waals surface area contributed by atoms with Gasteiger partial charge in [-0.05, 0) is 31.2 Å². The highest BCUT2D eigenvalue weighted by atomic mass is 19.1. The molecule has 1 unspecified atom stereocenters. The lowest BCUT2D eigenvalue weighted by Crippen LogP contribution is -2.20. The Bertz CT molecular complexity index is 669. The summed E-state index contributed by atoms with van der Waals surface area (Å²) < 4.78 is 25.1. The summed E-state index contributed by atoms with van der Waals surface area (Å²) in [6.07, 6.45) is -0.844. The molecule has 0 radical (unpaired) electrons. The average molecular weight is 288 g/mol. The number of aliphatic hydroxyl groups excluding tert-OH is 1. The van der Waals surface area contributed by atoms with E-state index in [2.05, 4.69) is 0 Å². The molecule has 110 valence electrons. The third-order valence-electron chi connectivity index (χ3n) is 3.78. The maximum absolute atomic E-state index is 14.0. The van der Waals surface area contributed by atoms with Crippen LogP contribution in [-0.2, 0) is 0 Å². The highest BCUT2D eigenvalue weighted by Crippen LogP contribution is 2.42. The maximum Gasteiger partial charge on any atom is 0.130 e. The standard InChI is InChI=1S/C17H17FO3/c1-10-3-6-14(18)13(7-10)17-9-15(19)12-5-4-11(20-2)8-16(12)21-17/h3-8,15,17,19H,9H2,1-2H3/t15-,17?/m0/s1. The molecule has 1 N–H and O–H groups in total. The van der Waals surface area contributed by atoms with Gasteiger partial charge in [-0.1, -0.05) is 11.6 Å². The monoisotopic (exact) mass is 288 g/mol. The lowest BCUT2D eigenvalue weighted by atomic mass is 9.94. The quantitative estimate of drug-likeness (QED) is 0.915. The van der Waals surface area contributed by atoms with Gasteiger partial charge in [-0.25, -0.2) is 4.39 Å². The van der Waals surface area contributed by atoms with Crippen LogP contribution in [0.4, 0.5) is 4.39 Å². The number of halogens is 1. The van der Waals surface area contributed by atoms with Gasteiger partial charge in [-0.2, -0.15) is 0 Å². The molecule has 0 aromatic heterocycles. The summed E-state index contributed by atoms with van der Waals surface area (Å²) in [6.45, 7) is 1.90. The van der Waals surface area contributed by atoms with Crippen molar-refractivity contribution in [3.63, 3.8) is 0 Å². The van der Waals surface area contributed by atoms with Crippen LogP contribution in [0.5, 0.6) is 11.5 Å². The molecule has 2 atom stereocenters. The molecule has 0 amide bonds. The molecular weight excluding hydrogens is 271 g/mol. The first-order valence-electron chi connectivity index (χ1n) is 6.87. The molecule has 2 aromatic carbocycles. The van der Waals surface area contributed by atoms with Gasteiger partial charge in [0.15, 0.2) is 0 Å². The number of aryl methyl sites for hydroxylation is 1. The topological polar surface area (TPSA) is 38.7 Å². The smallest absolute Gasteiger partial charge is 0.130 e. The first kappa shape index (κ1) is 13.9. The Balaban J connectivity index is 1.98. The SMILES string of the molecule is COc1ccc2c(c1)OC(c1cc(C)ccc1F)C[C@@H]2O. The van der Waals surface area contributed by atoms with Crippen LogP contribution in [0.15, 0.2) is 36.4 Å². The van der Waals surface area contributed by atoms with Crippen LogP contribution in [0.2, 0.25) is 0 Å². The van der Waals surface area contributed by atoms with E-state index in [1.54, 1.807) is 37.4 Å². The van der Waals surface area contributed by atoms with Crippen LogP contribution in [0.3, 0.4) is 0 Å². The second-order valence-corrected chi connectivity index (χ2v) is 5.29. The molecule has 0 bridgehead atoms. The van der Waals surface area contributed by atoms with Crippen molar-refractivity contribution in [2.75, 3.05) is 7.11 Å². The van der Waals surface area contributed by atoms with Gasteiger partial charge in [-0.15, -0.1) is 0 Å². The van der Waals surface area contributed by atoms with Crippen molar-refractivity contribution >= 4 is 0 Å². The van der Waals surface area contributed by atoms with E-state index in [4.69, 9.17) is 9.47 Å².